The molecule has 3 heterocycles. The molecule has 0 saturated carbocycles. The maximum Gasteiger partial charge on any atom is 0.164 e. The number of aromatic nitrogens is 5. The lowest BCUT2D eigenvalue weighted by molar-refractivity contribution is 1.07. The molecule has 6 heteroatoms. The quantitative estimate of drug-likeness (QED) is 0.164. The van der Waals surface area contributed by atoms with Gasteiger partial charge < -0.3 is 0 Å². The van der Waals surface area contributed by atoms with Gasteiger partial charge in [-0.15, -0.1) is 11.3 Å². The summed E-state index contributed by atoms with van der Waals surface area (Å²) in [6.45, 7) is 0. The molecule has 0 radical (unpaired) electrons. The number of hydrogen-bond donors (Lipinski definition) is 0. The zero-order valence-corrected chi connectivity index (χ0v) is 30.4. The van der Waals surface area contributed by atoms with Crippen molar-refractivity contribution in [1.29, 1.82) is 0 Å². The van der Waals surface area contributed by atoms with E-state index in [0.717, 1.165) is 71.4 Å². The second-order valence-corrected chi connectivity index (χ2v) is 14.4. The van der Waals surface area contributed by atoms with E-state index in [4.69, 9.17) is 24.9 Å². The molecule has 0 aliphatic carbocycles. The van der Waals surface area contributed by atoms with Gasteiger partial charge in [0.05, 0.1) is 15.9 Å². The van der Waals surface area contributed by atoms with Crippen LogP contribution in [0.5, 0.6) is 0 Å². The first-order chi connectivity index (χ1) is 27.2. The van der Waals surface area contributed by atoms with Crippen molar-refractivity contribution < 1.29 is 0 Å². The van der Waals surface area contributed by atoms with Gasteiger partial charge in [-0.1, -0.05) is 158 Å². The topological polar surface area (TPSA) is 64.5 Å². The molecule has 3 aromatic heterocycles. The maximum atomic E-state index is 5.42. The van der Waals surface area contributed by atoms with E-state index in [0.29, 0.717) is 23.3 Å². The molecule has 258 valence electrons. The van der Waals surface area contributed by atoms with Gasteiger partial charge in [-0.3, -0.25) is 0 Å². The van der Waals surface area contributed by atoms with Crippen LogP contribution in [0.2, 0.25) is 0 Å². The third-order valence-electron chi connectivity index (χ3n) is 9.72. The third kappa shape index (κ3) is 6.35. The molecule has 0 aliphatic heterocycles. The van der Waals surface area contributed by atoms with Crippen LogP contribution >= 0.6 is 11.3 Å². The van der Waals surface area contributed by atoms with Crippen LogP contribution in [-0.4, -0.2) is 24.9 Å². The first kappa shape index (κ1) is 32.5. The monoisotopic (exact) mass is 721 g/mol. The summed E-state index contributed by atoms with van der Waals surface area (Å²) in [5.74, 6) is 2.43. The van der Waals surface area contributed by atoms with Gasteiger partial charge in [0.25, 0.3) is 0 Å². The molecular weight excluding hydrogens is 691 g/mol. The molecule has 0 atom stereocenters. The lowest BCUT2D eigenvalue weighted by atomic mass is 9.98. The van der Waals surface area contributed by atoms with Crippen LogP contribution in [0.15, 0.2) is 188 Å². The van der Waals surface area contributed by atoms with Crippen molar-refractivity contribution in [3.8, 4) is 79.1 Å². The number of fused-ring (bicyclic) bond motifs is 3. The Kier molecular flexibility index (Phi) is 8.28. The lowest BCUT2D eigenvalue weighted by Crippen LogP contribution is -2.01. The Morgan fingerprint density at radius 2 is 0.709 bits per heavy atom. The highest BCUT2D eigenvalue weighted by atomic mass is 32.1. The van der Waals surface area contributed by atoms with E-state index in [1.54, 1.807) is 11.3 Å². The fourth-order valence-corrected chi connectivity index (χ4v) is 8.17. The van der Waals surface area contributed by atoms with Gasteiger partial charge in [-0.25, -0.2) is 24.9 Å². The first-order valence-electron chi connectivity index (χ1n) is 18.2. The Labute approximate surface area is 322 Å². The molecule has 55 heavy (non-hydrogen) atoms. The smallest absolute Gasteiger partial charge is 0.164 e. The number of thiophene rings is 1. The van der Waals surface area contributed by atoms with Gasteiger partial charge in [0.2, 0.25) is 0 Å². The zero-order chi connectivity index (χ0) is 36.6. The predicted octanol–water partition coefficient (Wildman–Crippen LogP) is 12.7. The average Bonchev–Trinajstić information content (AvgIpc) is 3.66. The summed E-state index contributed by atoms with van der Waals surface area (Å²) < 4.78 is 2.24. The maximum absolute atomic E-state index is 5.42. The van der Waals surface area contributed by atoms with Crippen molar-refractivity contribution in [3.05, 3.63) is 188 Å². The molecular formula is C49H31N5S. The fraction of sp³-hybridized carbons (Fsp3) is 0. The molecule has 0 saturated heterocycles. The minimum Gasteiger partial charge on any atom is -0.226 e. The number of rotatable bonds is 7. The average molecular weight is 722 g/mol. The predicted molar refractivity (Wildman–Crippen MR) is 226 cm³/mol. The highest BCUT2D eigenvalue weighted by molar-refractivity contribution is 7.26. The molecule has 5 nitrogen and oxygen atoms in total. The van der Waals surface area contributed by atoms with Gasteiger partial charge in [0.1, 0.15) is 0 Å². The van der Waals surface area contributed by atoms with Crippen LogP contribution in [0.3, 0.4) is 0 Å². The molecule has 0 bridgehead atoms. The van der Waals surface area contributed by atoms with Crippen LogP contribution in [0.25, 0.3) is 99.4 Å². The first-order valence-corrected chi connectivity index (χ1v) is 19.0. The number of benzene rings is 7. The SMILES string of the molecule is c1ccc(-c2cc(-c3nc(-c4ccccc4)nc(-c4ccccc4)n3)cc(-c3nc(-c4cccc(-c5ccccc5)c4)c4sc5ccccc5c4n3)c2)cc1. The number of nitrogens with zero attached hydrogens (tertiary/aromatic N) is 5. The summed E-state index contributed by atoms with van der Waals surface area (Å²) in [6, 6.07) is 64.6. The van der Waals surface area contributed by atoms with Crippen molar-refractivity contribution in [2.24, 2.45) is 0 Å². The summed E-state index contributed by atoms with van der Waals surface area (Å²) in [4.78, 5) is 25.9. The van der Waals surface area contributed by atoms with E-state index in [9.17, 15) is 0 Å². The normalized spacial score (nSPS) is 11.3. The van der Waals surface area contributed by atoms with Crippen LogP contribution in [0, 0.1) is 0 Å². The van der Waals surface area contributed by atoms with Gasteiger partial charge in [-0.2, -0.15) is 0 Å². The van der Waals surface area contributed by atoms with E-state index < -0.39 is 0 Å². The molecule has 0 unspecified atom stereocenters. The van der Waals surface area contributed by atoms with Gasteiger partial charge >= 0.3 is 0 Å². The Hall–Kier alpha value is -7.15. The molecule has 0 fully saturated rings. The Morgan fingerprint density at radius 3 is 1.31 bits per heavy atom. The summed E-state index contributed by atoms with van der Waals surface area (Å²) in [7, 11) is 0. The minimum atomic E-state index is 0.574. The highest BCUT2D eigenvalue weighted by Gasteiger charge is 2.20. The Bertz CT molecular complexity index is 2910. The summed E-state index contributed by atoms with van der Waals surface area (Å²) >= 11 is 1.74. The van der Waals surface area contributed by atoms with Crippen LogP contribution in [-0.2, 0) is 0 Å². The fourth-order valence-electron chi connectivity index (χ4n) is 7.01. The van der Waals surface area contributed by atoms with E-state index in [1.165, 1.54) is 4.70 Å². The van der Waals surface area contributed by atoms with Crippen molar-refractivity contribution in [2.45, 2.75) is 0 Å². The van der Waals surface area contributed by atoms with Crippen molar-refractivity contribution in [2.75, 3.05) is 0 Å². The second kappa shape index (κ2) is 14.0. The van der Waals surface area contributed by atoms with Crippen molar-refractivity contribution >= 4 is 31.6 Å². The highest BCUT2D eigenvalue weighted by Crippen LogP contribution is 2.41. The molecule has 0 aliphatic rings. The van der Waals surface area contributed by atoms with E-state index >= 15 is 0 Å². The Balaban J connectivity index is 1.22. The van der Waals surface area contributed by atoms with E-state index in [-0.39, 0.29) is 0 Å². The minimum absolute atomic E-state index is 0.574. The second-order valence-electron chi connectivity index (χ2n) is 13.3. The van der Waals surface area contributed by atoms with Crippen molar-refractivity contribution in [3.63, 3.8) is 0 Å². The largest absolute Gasteiger partial charge is 0.226 e. The van der Waals surface area contributed by atoms with Gasteiger partial charge in [0.15, 0.2) is 23.3 Å². The summed E-state index contributed by atoms with van der Waals surface area (Å²) in [5.41, 5.74) is 10.8. The summed E-state index contributed by atoms with van der Waals surface area (Å²) in [6.07, 6.45) is 0. The number of hydrogen-bond acceptors (Lipinski definition) is 6. The molecule has 0 N–H and O–H groups in total. The molecule has 0 amide bonds. The van der Waals surface area contributed by atoms with Crippen molar-refractivity contribution in [1.82, 2.24) is 24.9 Å². The van der Waals surface area contributed by atoms with E-state index in [1.807, 2.05) is 72.8 Å². The van der Waals surface area contributed by atoms with Gasteiger partial charge in [0, 0.05) is 37.9 Å². The zero-order valence-electron chi connectivity index (χ0n) is 29.5. The van der Waals surface area contributed by atoms with E-state index in [2.05, 4.69) is 115 Å². The van der Waals surface area contributed by atoms with Gasteiger partial charge in [-0.05, 0) is 52.6 Å². The molecule has 10 aromatic rings. The summed E-state index contributed by atoms with van der Waals surface area (Å²) in [5, 5.41) is 1.11. The molecule has 7 aromatic carbocycles. The Morgan fingerprint density at radius 1 is 0.291 bits per heavy atom. The van der Waals surface area contributed by atoms with Crippen LogP contribution in [0.1, 0.15) is 0 Å². The van der Waals surface area contributed by atoms with Crippen LogP contribution in [0.4, 0.5) is 0 Å². The third-order valence-corrected chi connectivity index (χ3v) is 10.9. The van der Waals surface area contributed by atoms with Crippen LogP contribution < -0.4 is 0 Å². The standard InChI is InChI=1S/C49H31N5S/c1-5-16-32(17-6-1)36-24-15-25-37(28-36)43-45-44(41-26-13-14-27-42(41)55-45)51-48(50-43)39-29-38(33-18-7-2-8-19-33)30-40(31-39)49-53-46(34-20-9-3-10-21-34)52-47(54-49)35-22-11-4-12-23-35/h1-31H. The molecule has 10 rings (SSSR count). The molecule has 0 spiro atoms. The lowest BCUT2D eigenvalue weighted by Gasteiger charge is -2.13.